The van der Waals surface area contributed by atoms with Gasteiger partial charge in [0.1, 0.15) is 0 Å². The number of hydrogen-bond donors (Lipinski definition) is 0. The van der Waals surface area contributed by atoms with Crippen LogP contribution in [0.1, 0.15) is 58.0 Å². The largest absolute Gasteiger partial charge is 0.466 e. The number of aryl methyl sites for hydroxylation is 1. The van der Waals surface area contributed by atoms with Crippen LogP contribution in [0.3, 0.4) is 0 Å². The molecule has 0 aliphatic carbocycles. The van der Waals surface area contributed by atoms with Crippen LogP contribution >= 0.6 is 0 Å². The lowest BCUT2D eigenvalue weighted by Gasteiger charge is -2.23. The minimum Gasteiger partial charge on any atom is -0.466 e. The molecule has 1 aromatic heterocycles. The van der Waals surface area contributed by atoms with Crippen LogP contribution in [0, 0.1) is 6.92 Å². The van der Waals surface area contributed by atoms with Crippen LogP contribution in [0.4, 0.5) is 0 Å². The molecule has 168 valence electrons. The van der Waals surface area contributed by atoms with Crippen molar-refractivity contribution in [3.63, 3.8) is 0 Å². The fourth-order valence-electron chi connectivity index (χ4n) is 3.62. The summed E-state index contributed by atoms with van der Waals surface area (Å²) < 4.78 is 4.96. The summed E-state index contributed by atoms with van der Waals surface area (Å²) in [5.41, 5.74) is 2.57. The van der Waals surface area contributed by atoms with Crippen LogP contribution in [0.15, 0.2) is 42.7 Å². The third-order valence-corrected chi connectivity index (χ3v) is 5.24. The number of esters is 1. The molecule has 8 nitrogen and oxygen atoms in total. The molecule has 0 saturated carbocycles. The third-order valence-electron chi connectivity index (χ3n) is 5.24. The average molecular weight is 437 g/mol. The maximum atomic E-state index is 12.9. The number of fused-ring (bicyclic) bond motifs is 1. The Kier molecular flexibility index (Phi) is 7.70. The Morgan fingerprint density at radius 3 is 2.59 bits per heavy atom. The Bertz CT molecular complexity index is 1010. The highest BCUT2D eigenvalue weighted by molar-refractivity contribution is 6.21. The predicted molar refractivity (Wildman–Crippen MR) is 117 cm³/mol. The monoisotopic (exact) mass is 437 g/mol. The highest BCUT2D eigenvalue weighted by Crippen LogP contribution is 2.24. The average Bonchev–Trinajstić information content (AvgIpc) is 3.01. The Morgan fingerprint density at radius 1 is 1.09 bits per heavy atom. The van der Waals surface area contributed by atoms with Gasteiger partial charge in [-0.25, -0.2) is 0 Å². The number of pyridine rings is 1. The van der Waals surface area contributed by atoms with Gasteiger partial charge in [0.05, 0.1) is 24.2 Å². The first-order valence-corrected chi connectivity index (χ1v) is 10.7. The van der Waals surface area contributed by atoms with Crippen LogP contribution < -0.4 is 0 Å². The summed E-state index contributed by atoms with van der Waals surface area (Å²) in [6.45, 7) is 4.59. The Balaban J connectivity index is 1.59. The quantitative estimate of drug-likeness (QED) is 0.419. The summed E-state index contributed by atoms with van der Waals surface area (Å²) in [4.78, 5) is 56.6. The fourth-order valence-corrected chi connectivity index (χ4v) is 3.62. The summed E-state index contributed by atoms with van der Waals surface area (Å²) in [5, 5.41) is 0. The molecule has 0 fully saturated rings. The second kappa shape index (κ2) is 10.7. The molecule has 1 aromatic carbocycles. The van der Waals surface area contributed by atoms with Crippen molar-refractivity contribution in [3.8, 4) is 0 Å². The molecule has 8 heteroatoms. The van der Waals surface area contributed by atoms with E-state index in [4.69, 9.17) is 4.74 Å². The summed E-state index contributed by atoms with van der Waals surface area (Å²) in [7, 11) is 0. The molecule has 0 atom stereocenters. The van der Waals surface area contributed by atoms with Gasteiger partial charge < -0.3 is 9.64 Å². The molecule has 0 saturated heterocycles. The normalized spacial score (nSPS) is 12.6. The number of nitrogens with zero attached hydrogens (tertiary/aromatic N) is 3. The molecule has 0 bridgehead atoms. The van der Waals surface area contributed by atoms with E-state index in [1.54, 1.807) is 48.5 Å². The minimum atomic E-state index is -0.363. The van der Waals surface area contributed by atoms with Crippen LogP contribution in [0.25, 0.3) is 0 Å². The zero-order chi connectivity index (χ0) is 23.1. The molecule has 3 amide bonds. The Labute approximate surface area is 187 Å². The van der Waals surface area contributed by atoms with Gasteiger partial charge in [-0.1, -0.05) is 17.7 Å². The van der Waals surface area contributed by atoms with E-state index in [1.165, 1.54) is 4.90 Å². The van der Waals surface area contributed by atoms with Crippen molar-refractivity contribution in [1.29, 1.82) is 0 Å². The summed E-state index contributed by atoms with van der Waals surface area (Å²) in [5.74, 6) is -1.17. The van der Waals surface area contributed by atoms with E-state index in [9.17, 15) is 19.2 Å². The molecule has 0 N–H and O–H groups in total. The van der Waals surface area contributed by atoms with Gasteiger partial charge in [0.15, 0.2) is 0 Å². The van der Waals surface area contributed by atoms with E-state index in [0.29, 0.717) is 24.1 Å². The van der Waals surface area contributed by atoms with Crippen LogP contribution in [-0.2, 0) is 20.9 Å². The highest BCUT2D eigenvalue weighted by atomic mass is 16.5. The lowest BCUT2D eigenvalue weighted by atomic mass is 10.1. The number of ether oxygens (including phenoxy) is 1. The summed E-state index contributed by atoms with van der Waals surface area (Å²) in [6, 6.07) is 8.83. The van der Waals surface area contributed by atoms with E-state index in [1.807, 2.05) is 13.0 Å². The number of carbonyl (C=O) groups excluding carboxylic acids is 4. The van der Waals surface area contributed by atoms with Crippen molar-refractivity contribution in [3.05, 3.63) is 65.0 Å². The molecular formula is C24H27N3O5. The molecule has 3 rings (SSSR count). The Morgan fingerprint density at radius 2 is 1.88 bits per heavy atom. The highest BCUT2D eigenvalue weighted by Gasteiger charge is 2.35. The summed E-state index contributed by atoms with van der Waals surface area (Å²) in [6.07, 6.45) is 3.91. The van der Waals surface area contributed by atoms with Crippen molar-refractivity contribution >= 4 is 23.7 Å². The van der Waals surface area contributed by atoms with Gasteiger partial charge in [-0.15, -0.1) is 0 Å². The lowest BCUT2D eigenvalue weighted by Crippen LogP contribution is -2.35. The van der Waals surface area contributed by atoms with E-state index in [2.05, 4.69) is 4.98 Å². The molecule has 0 unspecified atom stereocenters. The second-order valence-corrected chi connectivity index (χ2v) is 7.65. The predicted octanol–water partition coefficient (Wildman–Crippen LogP) is 2.75. The topological polar surface area (TPSA) is 96.9 Å². The van der Waals surface area contributed by atoms with Gasteiger partial charge in [-0.3, -0.25) is 29.1 Å². The molecule has 0 spiro atoms. The molecule has 2 heterocycles. The minimum absolute atomic E-state index is 0.0948. The van der Waals surface area contributed by atoms with Crippen LogP contribution in [0.5, 0.6) is 0 Å². The van der Waals surface area contributed by atoms with Gasteiger partial charge in [-0.05, 0) is 44.0 Å². The first-order valence-electron chi connectivity index (χ1n) is 10.7. The number of imide groups is 1. The van der Waals surface area contributed by atoms with Crippen LogP contribution in [0.2, 0.25) is 0 Å². The van der Waals surface area contributed by atoms with E-state index in [0.717, 1.165) is 11.1 Å². The maximum Gasteiger partial charge on any atom is 0.307 e. The van der Waals surface area contributed by atoms with Gasteiger partial charge in [0.25, 0.3) is 11.8 Å². The molecule has 32 heavy (non-hydrogen) atoms. The van der Waals surface area contributed by atoms with E-state index < -0.39 is 0 Å². The van der Waals surface area contributed by atoms with Crippen molar-refractivity contribution in [2.45, 2.75) is 39.7 Å². The van der Waals surface area contributed by atoms with Crippen molar-refractivity contribution in [1.82, 2.24) is 14.8 Å². The van der Waals surface area contributed by atoms with E-state index >= 15 is 0 Å². The second-order valence-electron chi connectivity index (χ2n) is 7.65. The molecule has 1 aliphatic rings. The Hall–Kier alpha value is -3.55. The van der Waals surface area contributed by atoms with Crippen molar-refractivity contribution in [2.24, 2.45) is 0 Å². The standard InChI is InChI=1S/C24H27N3O5/c1-3-32-22(29)10-13-26(16-18-6-4-11-25-15-18)21(28)7-5-12-27-23(30)19-9-8-17(2)14-20(19)24(27)31/h4,6,8-9,11,14-15H,3,5,7,10,12-13,16H2,1-2H3. The van der Waals surface area contributed by atoms with Gasteiger partial charge in [-0.2, -0.15) is 0 Å². The number of carbonyl (C=O) groups is 4. The zero-order valence-corrected chi connectivity index (χ0v) is 18.4. The molecule has 0 radical (unpaired) electrons. The number of benzene rings is 1. The van der Waals surface area contributed by atoms with Gasteiger partial charge >= 0.3 is 5.97 Å². The molecule has 1 aliphatic heterocycles. The van der Waals surface area contributed by atoms with E-state index in [-0.39, 0.29) is 56.2 Å². The number of amides is 3. The lowest BCUT2D eigenvalue weighted by molar-refractivity contribution is -0.144. The van der Waals surface area contributed by atoms with Gasteiger partial charge in [0, 0.05) is 38.4 Å². The van der Waals surface area contributed by atoms with Crippen molar-refractivity contribution in [2.75, 3.05) is 19.7 Å². The SMILES string of the molecule is CCOC(=O)CCN(Cc1cccnc1)C(=O)CCCN1C(=O)c2ccc(C)cc2C1=O. The van der Waals surface area contributed by atoms with Gasteiger partial charge in [0.2, 0.25) is 5.91 Å². The molecular weight excluding hydrogens is 410 g/mol. The first-order chi connectivity index (χ1) is 15.4. The van der Waals surface area contributed by atoms with Crippen molar-refractivity contribution < 1.29 is 23.9 Å². The number of rotatable bonds is 10. The third kappa shape index (κ3) is 5.57. The molecule has 2 aromatic rings. The zero-order valence-electron chi connectivity index (χ0n) is 18.4. The maximum absolute atomic E-state index is 12.9. The number of hydrogen-bond acceptors (Lipinski definition) is 6. The first kappa shape index (κ1) is 23.1. The summed E-state index contributed by atoms with van der Waals surface area (Å²) >= 11 is 0. The smallest absolute Gasteiger partial charge is 0.307 e. The fraction of sp³-hybridized carbons (Fsp3) is 0.375. The number of aromatic nitrogens is 1. The van der Waals surface area contributed by atoms with Crippen LogP contribution in [-0.4, -0.2) is 58.2 Å².